The highest BCUT2D eigenvalue weighted by Crippen LogP contribution is 2.26. The number of thioether (sulfide) groups is 1. The quantitative estimate of drug-likeness (QED) is 0.786. The fraction of sp³-hybridized carbons (Fsp3) is 0.500. The summed E-state index contributed by atoms with van der Waals surface area (Å²) in [5.74, 6) is 0.0629. The summed E-state index contributed by atoms with van der Waals surface area (Å²) in [4.78, 5) is 14.5. The molecule has 1 fully saturated rings. The summed E-state index contributed by atoms with van der Waals surface area (Å²) in [6.45, 7) is 6.73. The average Bonchev–Trinajstić information content (AvgIpc) is 2.26. The van der Waals surface area contributed by atoms with Crippen LogP contribution in [0.4, 0.5) is 0 Å². The van der Waals surface area contributed by atoms with Gasteiger partial charge in [0, 0.05) is 34.2 Å². The molecule has 104 valence electrons. The van der Waals surface area contributed by atoms with Gasteiger partial charge in [-0.2, -0.15) is 11.8 Å². The van der Waals surface area contributed by atoms with Crippen LogP contribution in [-0.4, -0.2) is 40.8 Å². The lowest BCUT2D eigenvalue weighted by Gasteiger charge is -2.34. The molecule has 1 aromatic carbocycles. The monoisotopic (exact) mass is 317 g/mol. The van der Waals surface area contributed by atoms with E-state index in [0.29, 0.717) is 32.7 Å². The van der Waals surface area contributed by atoms with Crippen molar-refractivity contribution in [3.8, 4) is 0 Å². The minimum atomic E-state index is 0.0629. The topological polar surface area (TPSA) is 20.3 Å². The van der Waals surface area contributed by atoms with Crippen molar-refractivity contribution < 1.29 is 4.79 Å². The standard InChI is InChI=1S/C14H17Cl2NOS/c1-9-6-17(7-10(2)19-9)8-14(18)12-4-3-11(15)5-13(12)16/h3-5,9-10H,6-8H2,1-2H3. The maximum Gasteiger partial charge on any atom is 0.178 e. The summed E-state index contributed by atoms with van der Waals surface area (Å²) in [6, 6.07) is 5.03. The molecule has 2 rings (SSSR count). The number of rotatable bonds is 3. The van der Waals surface area contributed by atoms with E-state index in [9.17, 15) is 4.79 Å². The molecule has 0 amide bonds. The van der Waals surface area contributed by atoms with Gasteiger partial charge in [0.25, 0.3) is 0 Å². The Labute approximate surface area is 128 Å². The Morgan fingerprint density at radius 2 is 1.95 bits per heavy atom. The molecule has 0 saturated carbocycles. The van der Waals surface area contributed by atoms with Crippen LogP contribution < -0.4 is 0 Å². The molecule has 2 unspecified atom stereocenters. The van der Waals surface area contributed by atoms with Gasteiger partial charge in [-0.15, -0.1) is 0 Å². The van der Waals surface area contributed by atoms with Crippen molar-refractivity contribution in [2.24, 2.45) is 0 Å². The normalized spacial score (nSPS) is 24.4. The first-order valence-corrected chi connectivity index (χ1v) is 8.01. The Balaban J connectivity index is 2.04. The molecule has 1 aliphatic rings. The summed E-state index contributed by atoms with van der Waals surface area (Å²) in [7, 11) is 0. The first kappa shape index (κ1) is 15.2. The van der Waals surface area contributed by atoms with Gasteiger partial charge in [-0.1, -0.05) is 37.0 Å². The van der Waals surface area contributed by atoms with Gasteiger partial charge in [0.2, 0.25) is 0 Å². The van der Waals surface area contributed by atoms with Crippen LogP contribution in [0.25, 0.3) is 0 Å². The van der Waals surface area contributed by atoms with E-state index in [1.54, 1.807) is 18.2 Å². The Hall–Kier alpha value is -0.220. The van der Waals surface area contributed by atoms with Crippen molar-refractivity contribution in [2.75, 3.05) is 19.6 Å². The molecule has 0 bridgehead atoms. The Morgan fingerprint density at radius 3 is 2.53 bits per heavy atom. The van der Waals surface area contributed by atoms with Crippen molar-refractivity contribution in [1.82, 2.24) is 4.90 Å². The molecular formula is C14H17Cl2NOS. The third-order valence-corrected chi connectivity index (χ3v) is 4.87. The molecule has 1 aliphatic heterocycles. The van der Waals surface area contributed by atoms with Gasteiger partial charge in [-0.3, -0.25) is 9.69 Å². The molecule has 0 N–H and O–H groups in total. The van der Waals surface area contributed by atoms with Crippen molar-refractivity contribution in [2.45, 2.75) is 24.3 Å². The lowest BCUT2D eigenvalue weighted by Crippen LogP contribution is -2.43. The van der Waals surface area contributed by atoms with E-state index in [1.807, 2.05) is 11.8 Å². The number of ketones is 1. The van der Waals surface area contributed by atoms with Crippen LogP contribution in [0.15, 0.2) is 18.2 Å². The minimum absolute atomic E-state index is 0.0629. The summed E-state index contributed by atoms with van der Waals surface area (Å²) < 4.78 is 0. The Kier molecular flexibility index (Phi) is 5.18. The van der Waals surface area contributed by atoms with E-state index in [1.165, 1.54) is 0 Å². The molecule has 0 spiro atoms. The van der Waals surface area contributed by atoms with Gasteiger partial charge in [0.15, 0.2) is 5.78 Å². The smallest absolute Gasteiger partial charge is 0.178 e. The molecule has 1 saturated heterocycles. The Morgan fingerprint density at radius 1 is 1.32 bits per heavy atom. The van der Waals surface area contributed by atoms with Crippen LogP contribution in [0, 0.1) is 0 Å². The maximum atomic E-state index is 12.3. The number of Topliss-reactive ketones (excluding diaryl/α,β-unsaturated/α-hetero) is 1. The van der Waals surface area contributed by atoms with Crippen LogP contribution in [0.3, 0.4) is 0 Å². The second kappa shape index (κ2) is 6.49. The van der Waals surface area contributed by atoms with Gasteiger partial charge in [0.1, 0.15) is 0 Å². The van der Waals surface area contributed by atoms with Gasteiger partial charge >= 0.3 is 0 Å². The molecule has 2 atom stereocenters. The second-order valence-corrected chi connectivity index (χ2v) is 7.72. The van der Waals surface area contributed by atoms with Crippen LogP contribution in [0.5, 0.6) is 0 Å². The fourth-order valence-electron chi connectivity index (χ4n) is 2.42. The molecule has 2 nitrogen and oxygen atoms in total. The molecule has 0 aliphatic carbocycles. The summed E-state index contributed by atoms with van der Waals surface area (Å²) in [5, 5.41) is 2.12. The predicted octanol–water partition coefficient (Wildman–Crippen LogP) is 4.00. The molecule has 0 aromatic heterocycles. The van der Waals surface area contributed by atoms with E-state index in [4.69, 9.17) is 23.2 Å². The number of carbonyl (C=O) groups excluding carboxylic acids is 1. The minimum Gasteiger partial charge on any atom is -0.294 e. The highest BCUT2D eigenvalue weighted by Gasteiger charge is 2.24. The maximum absolute atomic E-state index is 12.3. The van der Waals surface area contributed by atoms with E-state index in [2.05, 4.69) is 18.7 Å². The van der Waals surface area contributed by atoms with Crippen LogP contribution in [0.2, 0.25) is 10.0 Å². The Bertz CT molecular complexity index is 471. The van der Waals surface area contributed by atoms with E-state index in [0.717, 1.165) is 13.1 Å². The van der Waals surface area contributed by atoms with E-state index in [-0.39, 0.29) is 5.78 Å². The summed E-state index contributed by atoms with van der Waals surface area (Å²) in [6.07, 6.45) is 0. The van der Waals surface area contributed by atoms with Gasteiger partial charge in [-0.25, -0.2) is 0 Å². The van der Waals surface area contributed by atoms with E-state index >= 15 is 0 Å². The first-order chi connectivity index (χ1) is 8.95. The second-order valence-electron chi connectivity index (χ2n) is 5.00. The van der Waals surface area contributed by atoms with Gasteiger partial charge in [0.05, 0.1) is 11.6 Å². The van der Waals surface area contributed by atoms with Gasteiger partial charge < -0.3 is 0 Å². The fourth-order valence-corrected chi connectivity index (χ4v) is 4.32. The van der Waals surface area contributed by atoms with Crippen molar-refractivity contribution >= 4 is 40.7 Å². The van der Waals surface area contributed by atoms with Crippen molar-refractivity contribution in [3.05, 3.63) is 33.8 Å². The lowest BCUT2D eigenvalue weighted by atomic mass is 10.1. The highest BCUT2D eigenvalue weighted by molar-refractivity contribution is 8.00. The predicted molar refractivity (Wildman–Crippen MR) is 83.7 cm³/mol. The first-order valence-electron chi connectivity index (χ1n) is 6.31. The number of nitrogens with zero attached hydrogens (tertiary/aromatic N) is 1. The zero-order valence-electron chi connectivity index (χ0n) is 11.0. The summed E-state index contributed by atoms with van der Waals surface area (Å²) in [5.41, 5.74) is 0.560. The van der Waals surface area contributed by atoms with Gasteiger partial charge in [-0.05, 0) is 18.2 Å². The number of benzene rings is 1. The van der Waals surface area contributed by atoms with Crippen LogP contribution in [0.1, 0.15) is 24.2 Å². The summed E-state index contributed by atoms with van der Waals surface area (Å²) >= 11 is 13.9. The SMILES string of the molecule is CC1CN(CC(=O)c2ccc(Cl)cc2Cl)CC(C)S1. The number of hydrogen-bond acceptors (Lipinski definition) is 3. The van der Waals surface area contributed by atoms with Crippen LogP contribution >= 0.6 is 35.0 Å². The number of hydrogen-bond donors (Lipinski definition) is 0. The number of halogens is 2. The highest BCUT2D eigenvalue weighted by atomic mass is 35.5. The molecule has 1 heterocycles. The van der Waals surface area contributed by atoms with Crippen LogP contribution in [-0.2, 0) is 0 Å². The largest absolute Gasteiger partial charge is 0.294 e. The molecular weight excluding hydrogens is 301 g/mol. The zero-order valence-corrected chi connectivity index (χ0v) is 13.4. The number of carbonyl (C=O) groups is 1. The lowest BCUT2D eigenvalue weighted by molar-refractivity contribution is 0.0930. The zero-order chi connectivity index (χ0) is 14.0. The third kappa shape index (κ3) is 4.12. The van der Waals surface area contributed by atoms with Crippen molar-refractivity contribution in [1.29, 1.82) is 0 Å². The van der Waals surface area contributed by atoms with Crippen molar-refractivity contribution in [3.63, 3.8) is 0 Å². The third-order valence-electron chi connectivity index (χ3n) is 3.09. The average molecular weight is 318 g/mol. The molecule has 5 heteroatoms. The molecule has 1 aromatic rings. The van der Waals surface area contributed by atoms with E-state index < -0.39 is 0 Å². The molecule has 0 radical (unpaired) electrons. The molecule has 19 heavy (non-hydrogen) atoms.